The van der Waals surface area contributed by atoms with Crippen molar-refractivity contribution in [3.8, 4) is 5.75 Å². The minimum absolute atomic E-state index is 0.000570. The topological polar surface area (TPSA) is 108 Å². The molecule has 2 rings (SSSR count). The van der Waals surface area contributed by atoms with Crippen molar-refractivity contribution in [2.45, 2.75) is 6.54 Å². The Kier molecular flexibility index (Phi) is 3.13. The number of nitrogens with zero attached hydrogens (tertiary/aromatic N) is 3. The molecule has 0 aliphatic heterocycles. The molecule has 0 saturated carbocycles. The molecule has 0 saturated heterocycles. The number of aromatic amines is 1. The van der Waals surface area contributed by atoms with E-state index < -0.39 is 0 Å². The maximum Gasteiger partial charge on any atom is 0.256 e. The lowest BCUT2D eigenvalue weighted by atomic mass is 10.1. The molecule has 0 unspecified atom stereocenters. The number of amides is 1. The summed E-state index contributed by atoms with van der Waals surface area (Å²) in [5.41, 5.74) is 6.29. The average molecular weight is 247 g/mol. The molecule has 1 aromatic heterocycles. The second-order valence-electron chi connectivity index (χ2n) is 3.86. The van der Waals surface area contributed by atoms with Gasteiger partial charge >= 0.3 is 0 Å². The maximum atomic E-state index is 12.1. The fourth-order valence-corrected chi connectivity index (χ4v) is 1.54. The van der Waals surface area contributed by atoms with E-state index in [2.05, 4.69) is 15.2 Å². The smallest absolute Gasteiger partial charge is 0.256 e. The summed E-state index contributed by atoms with van der Waals surface area (Å²) in [6.45, 7) is 0.286. The Morgan fingerprint density at radius 2 is 2.33 bits per heavy atom. The van der Waals surface area contributed by atoms with Crippen molar-refractivity contribution in [1.29, 1.82) is 0 Å². The highest BCUT2D eigenvalue weighted by atomic mass is 16.3. The second-order valence-corrected chi connectivity index (χ2v) is 3.86. The van der Waals surface area contributed by atoms with Gasteiger partial charge in [0.05, 0.1) is 12.1 Å². The van der Waals surface area contributed by atoms with Crippen LogP contribution < -0.4 is 5.73 Å². The molecule has 1 aromatic carbocycles. The zero-order valence-electron chi connectivity index (χ0n) is 9.79. The van der Waals surface area contributed by atoms with E-state index in [1.54, 1.807) is 7.05 Å². The van der Waals surface area contributed by atoms with Gasteiger partial charge in [0.1, 0.15) is 17.9 Å². The number of rotatable bonds is 3. The zero-order chi connectivity index (χ0) is 13.1. The van der Waals surface area contributed by atoms with E-state index in [1.807, 2.05) is 0 Å². The number of H-pyrrole nitrogens is 1. The summed E-state index contributed by atoms with van der Waals surface area (Å²) in [5, 5.41) is 15.7. The number of anilines is 1. The van der Waals surface area contributed by atoms with Crippen molar-refractivity contribution in [1.82, 2.24) is 20.1 Å². The van der Waals surface area contributed by atoms with Crippen LogP contribution in [-0.4, -0.2) is 38.1 Å². The number of nitrogens with two attached hydrogens (primary N) is 1. The van der Waals surface area contributed by atoms with Crippen molar-refractivity contribution in [2.75, 3.05) is 12.8 Å². The van der Waals surface area contributed by atoms with E-state index in [-0.39, 0.29) is 23.8 Å². The number of carbonyl (C=O) groups is 1. The number of phenols is 1. The predicted molar refractivity (Wildman–Crippen MR) is 64.7 cm³/mol. The number of aromatic hydroxyl groups is 1. The van der Waals surface area contributed by atoms with E-state index >= 15 is 0 Å². The van der Waals surface area contributed by atoms with Gasteiger partial charge in [0, 0.05) is 12.7 Å². The van der Waals surface area contributed by atoms with Crippen molar-refractivity contribution in [2.24, 2.45) is 0 Å². The fraction of sp³-hybridized carbons (Fsp3) is 0.182. The molecular formula is C11H13N5O2. The van der Waals surface area contributed by atoms with E-state index in [0.717, 1.165) is 0 Å². The van der Waals surface area contributed by atoms with Crippen LogP contribution in [0.4, 0.5) is 5.69 Å². The van der Waals surface area contributed by atoms with Crippen LogP contribution in [0.5, 0.6) is 5.75 Å². The number of aromatic nitrogens is 3. The van der Waals surface area contributed by atoms with Crippen molar-refractivity contribution >= 4 is 11.6 Å². The average Bonchev–Trinajstić information content (AvgIpc) is 2.84. The Balaban J connectivity index is 2.17. The summed E-state index contributed by atoms with van der Waals surface area (Å²) >= 11 is 0. The van der Waals surface area contributed by atoms with E-state index in [0.29, 0.717) is 11.5 Å². The molecule has 0 spiro atoms. The lowest BCUT2D eigenvalue weighted by Gasteiger charge is -2.16. The number of nitrogen functional groups attached to an aromatic ring is 1. The van der Waals surface area contributed by atoms with Crippen molar-refractivity contribution in [3.63, 3.8) is 0 Å². The molecule has 0 atom stereocenters. The zero-order valence-corrected chi connectivity index (χ0v) is 9.79. The molecule has 7 nitrogen and oxygen atoms in total. The first-order valence-corrected chi connectivity index (χ1v) is 5.26. The SMILES string of the molecule is CN(Cc1ncn[nH]1)C(=O)c1cc(O)ccc1N. The molecule has 0 aliphatic rings. The first kappa shape index (κ1) is 11.9. The summed E-state index contributed by atoms with van der Waals surface area (Å²) in [6, 6.07) is 4.27. The molecule has 0 bridgehead atoms. The lowest BCUT2D eigenvalue weighted by molar-refractivity contribution is 0.0782. The van der Waals surface area contributed by atoms with Crippen LogP contribution in [0.3, 0.4) is 0 Å². The highest BCUT2D eigenvalue weighted by Crippen LogP contribution is 2.20. The maximum absolute atomic E-state index is 12.1. The van der Waals surface area contributed by atoms with Gasteiger partial charge in [0.15, 0.2) is 0 Å². The second kappa shape index (κ2) is 4.74. The first-order valence-electron chi connectivity index (χ1n) is 5.26. The third-order valence-corrected chi connectivity index (χ3v) is 2.47. The Hall–Kier alpha value is -2.57. The molecule has 7 heteroatoms. The van der Waals surface area contributed by atoms with Gasteiger partial charge in [-0.05, 0) is 18.2 Å². The Morgan fingerprint density at radius 1 is 1.56 bits per heavy atom. The number of hydrogen-bond acceptors (Lipinski definition) is 5. The minimum atomic E-state index is -0.292. The minimum Gasteiger partial charge on any atom is -0.508 e. The van der Waals surface area contributed by atoms with Crippen LogP contribution in [0.15, 0.2) is 24.5 Å². The highest BCUT2D eigenvalue weighted by Gasteiger charge is 2.16. The molecule has 0 fully saturated rings. The number of hydrogen-bond donors (Lipinski definition) is 3. The Bertz CT molecular complexity index is 553. The third-order valence-electron chi connectivity index (χ3n) is 2.47. The van der Waals surface area contributed by atoms with Crippen LogP contribution in [0.2, 0.25) is 0 Å². The fourth-order valence-electron chi connectivity index (χ4n) is 1.54. The summed E-state index contributed by atoms with van der Waals surface area (Å²) in [6.07, 6.45) is 1.37. The van der Waals surface area contributed by atoms with Gasteiger partial charge in [-0.25, -0.2) is 4.98 Å². The van der Waals surface area contributed by atoms with Crippen LogP contribution in [0.25, 0.3) is 0 Å². The van der Waals surface area contributed by atoms with Gasteiger partial charge in [-0.1, -0.05) is 0 Å². The monoisotopic (exact) mass is 247 g/mol. The quantitative estimate of drug-likeness (QED) is 0.536. The Labute approximate surface area is 103 Å². The number of nitrogens with one attached hydrogen (secondary N) is 1. The normalized spacial score (nSPS) is 10.3. The van der Waals surface area contributed by atoms with Crippen LogP contribution in [0.1, 0.15) is 16.2 Å². The molecule has 4 N–H and O–H groups in total. The predicted octanol–water partition coefficient (Wildman–Crippen LogP) is 0.365. The number of phenolic OH excluding ortho intramolecular Hbond substituents is 1. The molecule has 2 aromatic rings. The molecule has 1 amide bonds. The summed E-state index contributed by atoms with van der Waals surface area (Å²) in [7, 11) is 1.62. The molecule has 18 heavy (non-hydrogen) atoms. The van der Waals surface area contributed by atoms with Gasteiger partial charge in [-0.2, -0.15) is 5.10 Å². The highest BCUT2D eigenvalue weighted by molar-refractivity contribution is 5.99. The molecule has 0 radical (unpaired) electrons. The van der Waals surface area contributed by atoms with Crippen molar-refractivity contribution < 1.29 is 9.90 Å². The molecule has 94 valence electrons. The number of carbonyl (C=O) groups excluding carboxylic acids is 1. The van der Waals surface area contributed by atoms with Gasteiger partial charge in [0.2, 0.25) is 0 Å². The summed E-state index contributed by atoms with van der Waals surface area (Å²) in [4.78, 5) is 17.5. The first-order chi connectivity index (χ1) is 8.58. The van der Waals surface area contributed by atoms with Crippen LogP contribution in [0, 0.1) is 0 Å². The molecule has 0 aliphatic carbocycles. The van der Waals surface area contributed by atoms with E-state index in [4.69, 9.17) is 5.73 Å². The van der Waals surface area contributed by atoms with Gasteiger partial charge < -0.3 is 15.7 Å². The van der Waals surface area contributed by atoms with Crippen molar-refractivity contribution in [3.05, 3.63) is 35.9 Å². The Morgan fingerprint density at radius 3 is 3.00 bits per heavy atom. The largest absolute Gasteiger partial charge is 0.508 e. The number of benzene rings is 1. The van der Waals surface area contributed by atoms with E-state index in [1.165, 1.54) is 29.4 Å². The van der Waals surface area contributed by atoms with Crippen LogP contribution in [-0.2, 0) is 6.54 Å². The lowest BCUT2D eigenvalue weighted by Crippen LogP contribution is -2.27. The van der Waals surface area contributed by atoms with Gasteiger partial charge in [-0.15, -0.1) is 0 Å². The molecular weight excluding hydrogens is 234 g/mol. The van der Waals surface area contributed by atoms with Gasteiger partial charge in [0.25, 0.3) is 5.91 Å². The van der Waals surface area contributed by atoms with Crippen LogP contribution >= 0.6 is 0 Å². The van der Waals surface area contributed by atoms with Gasteiger partial charge in [-0.3, -0.25) is 9.89 Å². The summed E-state index contributed by atoms with van der Waals surface area (Å²) in [5.74, 6) is 0.282. The summed E-state index contributed by atoms with van der Waals surface area (Å²) < 4.78 is 0. The molecule has 1 heterocycles. The standard InChI is InChI=1S/C11H13N5O2/c1-16(5-10-13-6-14-15-10)11(18)8-4-7(17)2-3-9(8)12/h2-4,6,17H,5,12H2,1H3,(H,13,14,15). The van der Waals surface area contributed by atoms with E-state index in [9.17, 15) is 9.90 Å². The third kappa shape index (κ3) is 2.40.